The first-order valence-electron chi connectivity index (χ1n) is 7.90. The molecule has 142 valence electrons. The third-order valence-corrected chi connectivity index (χ3v) is 3.52. The maximum atomic E-state index is 13.5. The molecular weight excluding hydrogens is 359 g/mol. The standard InChI is InChI=1S/C18H17FN2O6/c1-11-3-4-13(9-16(11)19)20-18(23)12(2)27-17(22)10-26-15-7-5-14(6-8-15)21(24)25/h3-9,12H,10H2,1-2H3,(H,20,23)/t12-/m0/s1. The number of nitro groups is 1. The van der Waals surface area contributed by atoms with Crippen LogP contribution in [0.15, 0.2) is 42.5 Å². The van der Waals surface area contributed by atoms with Crippen molar-refractivity contribution >= 4 is 23.3 Å². The minimum atomic E-state index is -1.12. The highest BCUT2D eigenvalue weighted by molar-refractivity contribution is 5.95. The van der Waals surface area contributed by atoms with E-state index in [-0.39, 0.29) is 17.1 Å². The van der Waals surface area contributed by atoms with Crippen LogP contribution in [0.25, 0.3) is 0 Å². The van der Waals surface area contributed by atoms with E-state index in [1.807, 2.05) is 0 Å². The molecule has 8 nitrogen and oxygen atoms in total. The number of carbonyl (C=O) groups excluding carboxylic acids is 2. The second kappa shape index (κ2) is 8.75. The number of benzene rings is 2. The van der Waals surface area contributed by atoms with Gasteiger partial charge in [0.1, 0.15) is 11.6 Å². The fourth-order valence-electron chi connectivity index (χ4n) is 2.01. The zero-order valence-electron chi connectivity index (χ0n) is 14.6. The van der Waals surface area contributed by atoms with Gasteiger partial charge in [-0.1, -0.05) is 6.07 Å². The lowest BCUT2D eigenvalue weighted by Crippen LogP contribution is -2.31. The van der Waals surface area contributed by atoms with E-state index in [1.54, 1.807) is 6.92 Å². The number of rotatable bonds is 7. The summed E-state index contributed by atoms with van der Waals surface area (Å²) < 4.78 is 23.6. The predicted octanol–water partition coefficient (Wildman–Crippen LogP) is 2.99. The Kier molecular flexibility index (Phi) is 6.42. The Morgan fingerprint density at radius 2 is 1.89 bits per heavy atom. The molecule has 27 heavy (non-hydrogen) atoms. The lowest BCUT2D eigenvalue weighted by molar-refractivity contribution is -0.384. The minimum Gasteiger partial charge on any atom is -0.482 e. The van der Waals surface area contributed by atoms with Gasteiger partial charge in [-0.25, -0.2) is 9.18 Å². The molecule has 0 radical (unpaired) electrons. The number of anilines is 1. The van der Waals surface area contributed by atoms with Crippen molar-refractivity contribution in [3.8, 4) is 5.75 Å². The first-order valence-corrected chi connectivity index (χ1v) is 7.90. The molecule has 0 aromatic heterocycles. The number of carbonyl (C=O) groups is 2. The number of aryl methyl sites for hydroxylation is 1. The number of nitro benzene ring substituents is 1. The molecule has 0 aliphatic carbocycles. The summed E-state index contributed by atoms with van der Waals surface area (Å²) in [6.07, 6.45) is -1.12. The number of halogens is 1. The Morgan fingerprint density at radius 1 is 1.22 bits per heavy atom. The predicted molar refractivity (Wildman–Crippen MR) is 93.9 cm³/mol. The molecule has 0 aliphatic rings. The van der Waals surface area contributed by atoms with Gasteiger partial charge >= 0.3 is 5.97 Å². The van der Waals surface area contributed by atoms with Gasteiger partial charge in [-0.2, -0.15) is 0 Å². The quantitative estimate of drug-likeness (QED) is 0.452. The molecule has 1 amide bonds. The first-order chi connectivity index (χ1) is 12.8. The van der Waals surface area contributed by atoms with Crippen molar-refractivity contribution in [3.05, 3.63) is 64.0 Å². The Hall–Kier alpha value is -3.49. The smallest absolute Gasteiger partial charge is 0.344 e. The summed E-state index contributed by atoms with van der Waals surface area (Å²) in [5, 5.41) is 13.0. The summed E-state index contributed by atoms with van der Waals surface area (Å²) >= 11 is 0. The van der Waals surface area contributed by atoms with E-state index in [0.717, 1.165) is 0 Å². The molecule has 0 bridgehead atoms. The summed E-state index contributed by atoms with van der Waals surface area (Å²) in [5.41, 5.74) is 0.576. The van der Waals surface area contributed by atoms with Crippen molar-refractivity contribution in [2.45, 2.75) is 20.0 Å². The third kappa shape index (κ3) is 5.77. The van der Waals surface area contributed by atoms with Crippen molar-refractivity contribution in [2.75, 3.05) is 11.9 Å². The number of ether oxygens (including phenoxy) is 2. The summed E-state index contributed by atoms with van der Waals surface area (Å²) in [6, 6.07) is 9.36. The summed E-state index contributed by atoms with van der Waals surface area (Å²) in [6.45, 7) is 2.48. The van der Waals surface area contributed by atoms with E-state index in [0.29, 0.717) is 5.56 Å². The molecule has 0 heterocycles. The number of non-ortho nitro benzene ring substituents is 1. The number of amides is 1. The van der Waals surface area contributed by atoms with Gasteiger partial charge in [0.25, 0.3) is 11.6 Å². The highest BCUT2D eigenvalue weighted by Gasteiger charge is 2.19. The normalized spacial score (nSPS) is 11.4. The van der Waals surface area contributed by atoms with E-state index in [9.17, 15) is 24.1 Å². The van der Waals surface area contributed by atoms with Crippen molar-refractivity contribution in [1.82, 2.24) is 0 Å². The second-order valence-electron chi connectivity index (χ2n) is 5.62. The average Bonchev–Trinajstić information content (AvgIpc) is 2.63. The maximum absolute atomic E-state index is 13.5. The van der Waals surface area contributed by atoms with E-state index in [2.05, 4.69) is 5.32 Å². The van der Waals surface area contributed by atoms with Crippen LogP contribution in [-0.2, 0) is 14.3 Å². The van der Waals surface area contributed by atoms with E-state index in [1.165, 1.54) is 49.4 Å². The molecular formula is C18H17FN2O6. The van der Waals surface area contributed by atoms with Crippen LogP contribution in [0.1, 0.15) is 12.5 Å². The molecule has 0 aliphatic heterocycles. The third-order valence-electron chi connectivity index (χ3n) is 3.52. The largest absolute Gasteiger partial charge is 0.482 e. The molecule has 0 saturated carbocycles. The molecule has 2 aromatic rings. The fourth-order valence-corrected chi connectivity index (χ4v) is 2.01. The van der Waals surface area contributed by atoms with Gasteiger partial charge in [0.05, 0.1) is 4.92 Å². The van der Waals surface area contributed by atoms with Gasteiger partial charge in [-0.3, -0.25) is 14.9 Å². The monoisotopic (exact) mass is 376 g/mol. The molecule has 1 atom stereocenters. The molecule has 0 fully saturated rings. The van der Waals surface area contributed by atoms with Gasteiger partial charge < -0.3 is 14.8 Å². The summed E-state index contributed by atoms with van der Waals surface area (Å²) in [4.78, 5) is 33.8. The Labute approximate surface area is 154 Å². The van der Waals surface area contributed by atoms with Crippen molar-refractivity contribution in [3.63, 3.8) is 0 Å². The SMILES string of the molecule is Cc1ccc(NC(=O)[C@H](C)OC(=O)COc2ccc([N+](=O)[O-])cc2)cc1F. The van der Waals surface area contributed by atoms with Crippen LogP contribution in [0.4, 0.5) is 15.8 Å². The highest BCUT2D eigenvalue weighted by Crippen LogP contribution is 2.17. The van der Waals surface area contributed by atoms with Crippen LogP contribution >= 0.6 is 0 Å². The molecule has 0 unspecified atom stereocenters. The Bertz CT molecular complexity index is 853. The van der Waals surface area contributed by atoms with Crippen LogP contribution in [-0.4, -0.2) is 29.5 Å². The number of nitrogens with one attached hydrogen (secondary N) is 1. The molecule has 2 aromatic carbocycles. The summed E-state index contributed by atoms with van der Waals surface area (Å²) in [5.74, 6) is -1.65. The molecule has 0 spiro atoms. The van der Waals surface area contributed by atoms with E-state index in [4.69, 9.17) is 9.47 Å². The Morgan fingerprint density at radius 3 is 2.48 bits per heavy atom. The van der Waals surface area contributed by atoms with Gasteiger partial charge in [-0.05, 0) is 43.7 Å². The number of nitrogens with zero attached hydrogens (tertiary/aromatic N) is 1. The van der Waals surface area contributed by atoms with Gasteiger partial charge in [-0.15, -0.1) is 0 Å². The number of hydrogen-bond acceptors (Lipinski definition) is 6. The maximum Gasteiger partial charge on any atom is 0.344 e. The zero-order valence-corrected chi connectivity index (χ0v) is 14.6. The average molecular weight is 376 g/mol. The van der Waals surface area contributed by atoms with Crippen LogP contribution in [0, 0.1) is 22.9 Å². The topological polar surface area (TPSA) is 108 Å². The van der Waals surface area contributed by atoms with Crippen molar-refractivity contribution < 1.29 is 28.4 Å². The molecule has 2 rings (SSSR count). The van der Waals surface area contributed by atoms with Gasteiger partial charge in [0.2, 0.25) is 0 Å². The first kappa shape index (κ1) is 19.8. The molecule has 9 heteroatoms. The zero-order chi connectivity index (χ0) is 20.0. The van der Waals surface area contributed by atoms with Gasteiger partial charge in [0, 0.05) is 17.8 Å². The fraction of sp³-hybridized carbons (Fsp3) is 0.222. The Balaban J connectivity index is 1.82. The minimum absolute atomic E-state index is 0.109. The number of hydrogen-bond donors (Lipinski definition) is 1. The summed E-state index contributed by atoms with van der Waals surface area (Å²) in [7, 11) is 0. The van der Waals surface area contributed by atoms with Crippen LogP contribution in [0.2, 0.25) is 0 Å². The van der Waals surface area contributed by atoms with Crippen LogP contribution in [0.5, 0.6) is 5.75 Å². The van der Waals surface area contributed by atoms with E-state index < -0.39 is 35.3 Å². The van der Waals surface area contributed by atoms with Crippen molar-refractivity contribution in [1.29, 1.82) is 0 Å². The van der Waals surface area contributed by atoms with Gasteiger partial charge in [0.15, 0.2) is 12.7 Å². The second-order valence-corrected chi connectivity index (χ2v) is 5.62. The lowest BCUT2D eigenvalue weighted by Gasteiger charge is -2.14. The molecule has 0 saturated heterocycles. The van der Waals surface area contributed by atoms with Crippen molar-refractivity contribution in [2.24, 2.45) is 0 Å². The van der Waals surface area contributed by atoms with E-state index >= 15 is 0 Å². The lowest BCUT2D eigenvalue weighted by atomic mass is 10.2. The number of esters is 1. The van der Waals surface area contributed by atoms with Crippen LogP contribution < -0.4 is 10.1 Å². The highest BCUT2D eigenvalue weighted by atomic mass is 19.1. The van der Waals surface area contributed by atoms with Crippen LogP contribution in [0.3, 0.4) is 0 Å². The molecule has 1 N–H and O–H groups in total.